The fourth-order valence-electron chi connectivity index (χ4n) is 1.88. The lowest BCUT2D eigenvalue weighted by atomic mass is 10.2. The molecule has 2 N–H and O–H groups in total. The van der Waals surface area contributed by atoms with Crippen LogP contribution < -0.4 is 10.0 Å². The van der Waals surface area contributed by atoms with Gasteiger partial charge in [-0.25, -0.2) is 13.6 Å². The Hall–Kier alpha value is -2.06. The molecule has 2 aromatic rings. The third kappa shape index (κ3) is 3.58. The van der Waals surface area contributed by atoms with Crippen molar-refractivity contribution < 1.29 is 21.6 Å². The largest absolute Gasteiger partial charge is 0.416 e. The van der Waals surface area contributed by atoms with Gasteiger partial charge in [0.25, 0.3) is 0 Å². The average molecular weight is 330 g/mol. The summed E-state index contributed by atoms with van der Waals surface area (Å²) >= 11 is 0. The molecule has 0 aliphatic carbocycles. The molecule has 0 amide bonds. The van der Waals surface area contributed by atoms with Crippen molar-refractivity contribution in [2.75, 3.05) is 11.9 Å². The quantitative estimate of drug-likeness (QED) is 0.940. The maximum atomic E-state index is 12.5. The zero-order chi connectivity index (χ0) is 16.5. The molecule has 0 saturated heterocycles. The van der Waals surface area contributed by atoms with Crippen LogP contribution >= 0.6 is 0 Å². The molecule has 4 nitrogen and oxygen atoms in total. The molecule has 0 aliphatic rings. The summed E-state index contributed by atoms with van der Waals surface area (Å²) in [6.07, 6.45) is -4.38. The van der Waals surface area contributed by atoms with Gasteiger partial charge in [-0.1, -0.05) is 0 Å². The minimum Gasteiger partial charge on any atom is -0.345 e. The van der Waals surface area contributed by atoms with Crippen LogP contribution in [0.2, 0.25) is 0 Å². The number of nitrogens with zero attached hydrogens (tertiary/aromatic N) is 1. The zero-order valence-corrected chi connectivity index (χ0v) is 12.3. The van der Waals surface area contributed by atoms with E-state index in [1.807, 2.05) is 0 Å². The van der Waals surface area contributed by atoms with Crippen molar-refractivity contribution in [1.82, 2.24) is 0 Å². The van der Waals surface area contributed by atoms with Crippen molar-refractivity contribution >= 4 is 21.4 Å². The van der Waals surface area contributed by atoms with Crippen LogP contribution in [0.15, 0.2) is 53.4 Å². The number of halogens is 3. The lowest BCUT2D eigenvalue weighted by Gasteiger charge is -2.20. The highest BCUT2D eigenvalue weighted by atomic mass is 32.2. The summed E-state index contributed by atoms with van der Waals surface area (Å²) in [5.74, 6) is 0. The number of sulfonamides is 1. The van der Waals surface area contributed by atoms with Crippen molar-refractivity contribution in [3.63, 3.8) is 0 Å². The van der Waals surface area contributed by atoms with E-state index in [2.05, 4.69) is 0 Å². The number of hydrogen-bond acceptors (Lipinski definition) is 3. The Bertz CT molecular complexity index is 754. The first kappa shape index (κ1) is 16.3. The molecular weight excluding hydrogens is 317 g/mol. The van der Waals surface area contributed by atoms with Gasteiger partial charge in [0.2, 0.25) is 10.0 Å². The van der Waals surface area contributed by atoms with Crippen LogP contribution in [-0.2, 0) is 16.2 Å². The minimum atomic E-state index is -4.38. The number of rotatable bonds is 3. The number of hydrogen-bond donors (Lipinski definition) is 1. The molecule has 2 aromatic carbocycles. The molecule has 0 aliphatic heterocycles. The number of nitrogens with two attached hydrogens (primary N) is 1. The van der Waals surface area contributed by atoms with Crippen LogP contribution in [0.5, 0.6) is 0 Å². The van der Waals surface area contributed by atoms with Crippen LogP contribution in [0.3, 0.4) is 0 Å². The second-order valence-electron chi connectivity index (χ2n) is 4.64. The van der Waals surface area contributed by atoms with Gasteiger partial charge in [-0.2, -0.15) is 13.2 Å². The van der Waals surface area contributed by atoms with Crippen LogP contribution in [0.1, 0.15) is 5.56 Å². The Balaban J connectivity index is 2.26. The summed E-state index contributed by atoms with van der Waals surface area (Å²) in [5, 5.41) is 5.00. The van der Waals surface area contributed by atoms with E-state index in [1.165, 1.54) is 36.4 Å². The number of benzene rings is 2. The van der Waals surface area contributed by atoms with Gasteiger partial charge in [-0.15, -0.1) is 0 Å². The molecule has 0 aromatic heterocycles. The fraction of sp³-hybridized carbons (Fsp3) is 0.143. The van der Waals surface area contributed by atoms with Gasteiger partial charge in [0.15, 0.2) is 0 Å². The van der Waals surface area contributed by atoms with E-state index in [0.29, 0.717) is 11.4 Å². The van der Waals surface area contributed by atoms with E-state index in [9.17, 15) is 21.6 Å². The highest BCUT2D eigenvalue weighted by Gasteiger charge is 2.30. The standard InChI is InChI=1S/C14H13F3N2O2S/c1-19(11-4-2-10(3-5-11)14(15,16)17)12-6-8-13(9-7-12)22(18,20)21/h2-9H,1H3,(H2,18,20,21). The molecule has 118 valence electrons. The van der Waals surface area contributed by atoms with Crippen LogP contribution in [0.4, 0.5) is 24.5 Å². The maximum absolute atomic E-state index is 12.5. The lowest BCUT2D eigenvalue weighted by Crippen LogP contribution is -2.13. The summed E-state index contributed by atoms with van der Waals surface area (Å²) in [6.45, 7) is 0. The number of alkyl halides is 3. The molecule has 0 bridgehead atoms. The van der Waals surface area contributed by atoms with Crippen LogP contribution in [0.25, 0.3) is 0 Å². The first-order valence-electron chi connectivity index (χ1n) is 6.13. The molecule has 0 heterocycles. The van der Waals surface area contributed by atoms with Crippen molar-refractivity contribution in [2.45, 2.75) is 11.1 Å². The Kier molecular flexibility index (Phi) is 4.17. The Morgan fingerprint density at radius 3 is 1.68 bits per heavy atom. The fourth-order valence-corrected chi connectivity index (χ4v) is 2.40. The smallest absolute Gasteiger partial charge is 0.345 e. The third-order valence-corrected chi connectivity index (χ3v) is 4.06. The highest BCUT2D eigenvalue weighted by Crippen LogP contribution is 2.31. The monoisotopic (exact) mass is 330 g/mol. The van der Waals surface area contributed by atoms with Gasteiger partial charge in [-0.05, 0) is 48.5 Å². The molecule has 0 radical (unpaired) electrons. The first-order valence-corrected chi connectivity index (χ1v) is 7.67. The molecule has 8 heteroatoms. The average Bonchev–Trinajstić information content (AvgIpc) is 2.45. The van der Waals surface area contributed by atoms with Gasteiger partial charge >= 0.3 is 6.18 Å². The van der Waals surface area contributed by atoms with Crippen molar-refractivity contribution in [3.8, 4) is 0 Å². The molecule has 0 fully saturated rings. The van der Waals surface area contributed by atoms with Gasteiger partial charge in [0.05, 0.1) is 10.5 Å². The van der Waals surface area contributed by atoms with E-state index in [4.69, 9.17) is 5.14 Å². The number of anilines is 2. The summed E-state index contributed by atoms with van der Waals surface area (Å²) in [5.41, 5.74) is 0.428. The normalized spacial score (nSPS) is 12.2. The molecular formula is C14H13F3N2O2S. The van der Waals surface area contributed by atoms with Gasteiger partial charge in [0, 0.05) is 18.4 Å². The van der Waals surface area contributed by atoms with Gasteiger partial charge in [0.1, 0.15) is 0 Å². The number of primary sulfonamides is 1. The molecule has 0 spiro atoms. The Labute approximate surface area is 126 Å². The van der Waals surface area contributed by atoms with Crippen LogP contribution in [-0.4, -0.2) is 15.5 Å². The first-order chi connectivity index (χ1) is 10.1. The van der Waals surface area contributed by atoms with Gasteiger partial charge in [-0.3, -0.25) is 0 Å². The Morgan fingerprint density at radius 2 is 1.32 bits per heavy atom. The molecule has 0 unspecified atom stereocenters. The molecule has 2 rings (SSSR count). The molecule has 0 saturated carbocycles. The van der Waals surface area contributed by atoms with Crippen LogP contribution in [0, 0.1) is 0 Å². The van der Waals surface area contributed by atoms with Crippen molar-refractivity contribution in [2.24, 2.45) is 5.14 Å². The summed E-state index contributed by atoms with van der Waals surface area (Å²) in [7, 11) is -2.11. The van der Waals surface area contributed by atoms with Gasteiger partial charge < -0.3 is 4.90 Å². The van der Waals surface area contributed by atoms with Crippen molar-refractivity contribution in [1.29, 1.82) is 0 Å². The van der Waals surface area contributed by atoms with E-state index >= 15 is 0 Å². The highest BCUT2D eigenvalue weighted by molar-refractivity contribution is 7.89. The third-order valence-electron chi connectivity index (χ3n) is 3.13. The Morgan fingerprint density at radius 1 is 0.909 bits per heavy atom. The van der Waals surface area contributed by atoms with E-state index in [1.54, 1.807) is 11.9 Å². The predicted molar refractivity (Wildman–Crippen MR) is 77.3 cm³/mol. The minimum absolute atomic E-state index is 0.0305. The second-order valence-corrected chi connectivity index (χ2v) is 6.20. The molecule has 22 heavy (non-hydrogen) atoms. The summed E-state index contributed by atoms with van der Waals surface area (Å²) in [4.78, 5) is 1.60. The zero-order valence-electron chi connectivity index (χ0n) is 11.5. The van der Waals surface area contributed by atoms with E-state index in [0.717, 1.165) is 12.1 Å². The summed E-state index contributed by atoms with van der Waals surface area (Å²) < 4.78 is 59.9. The van der Waals surface area contributed by atoms with E-state index in [-0.39, 0.29) is 4.90 Å². The second kappa shape index (κ2) is 5.62. The van der Waals surface area contributed by atoms with Crippen molar-refractivity contribution in [3.05, 3.63) is 54.1 Å². The SMILES string of the molecule is CN(c1ccc(C(F)(F)F)cc1)c1ccc(S(N)(=O)=O)cc1. The lowest BCUT2D eigenvalue weighted by molar-refractivity contribution is -0.137. The van der Waals surface area contributed by atoms with E-state index < -0.39 is 21.8 Å². The molecule has 0 atom stereocenters. The summed E-state index contributed by atoms with van der Waals surface area (Å²) in [6, 6.07) is 10.4. The topological polar surface area (TPSA) is 63.4 Å². The maximum Gasteiger partial charge on any atom is 0.416 e. The predicted octanol–water partition coefficient (Wildman–Crippen LogP) is 3.12.